The molecule has 2 aromatic heterocycles. The fourth-order valence-electron chi connectivity index (χ4n) is 5.21. The third-order valence-corrected chi connectivity index (χ3v) is 7.71. The van der Waals surface area contributed by atoms with E-state index in [0.29, 0.717) is 18.3 Å². The number of amides is 1. The average Bonchev–Trinajstić information content (AvgIpc) is 3.56. The minimum atomic E-state index is -0.530. The van der Waals surface area contributed by atoms with Crippen LogP contribution >= 0.6 is 11.3 Å². The van der Waals surface area contributed by atoms with Crippen LogP contribution in [0.15, 0.2) is 42.0 Å². The molecule has 8 heteroatoms. The van der Waals surface area contributed by atoms with Crippen LogP contribution in [0.1, 0.15) is 69.5 Å². The Balaban J connectivity index is 1.55. The third kappa shape index (κ3) is 5.25. The number of carbonyl (C=O) groups is 1. The maximum absolute atomic E-state index is 13.2. The molecule has 0 saturated carbocycles. The van der Waals surface area contributed by atoms with Crippen molar-refractivity contribution in [1.29, 1.82) is 0 Å². The van der Waals surface area contributed by atoms with Gasteiger partial charge in [0.1, 0.15) is 16.4 Å². The van der Waals surface area contributed by atoms with Crippen LogP contribution in [0.5, 0.6) is 0 Å². The molecule has 0 radical (unpaired) electrons. The number of aromatic nitrogens is 2. The number of pyridine rings is 1. The van der Waals surface area contributed by atoms with Gasteiger partial charge in [0.25, 0.3) is 0 Å². The monoisotopic (exact) mass is 506 g/mol. The van der Waals surface area contributed by atoms with E-state index in [1.54, 1.807) is 17.5 Å². The summed E-state index contributed by atoms with van der Waals surface area (Å²) in [7, 11) is 0. The number of benzene rings is 1. The van der Waals surface area contributed by atoms with E-state index in [0.717, 1.165) is 60.6 Å². The predicted octanol–water partition coefficient (Wildman–Crippen LogP) is 6.42. The number of nitrogens with zero attached hydrogens (tertiary/aromatic N) is 3. The van der Waals surface area contributed by atoms with Crippen LogP contribution in [-0.4, -0.2) is 46.3 Å². The Labute approximate surface area is 216 Å². The first-order chi connectivity index (χ1) is 17.3. The van der Waals surface area contributed by atoms with Crippen molar-refractivity contribution >= 4 is 23.2 Å². The molecular weight excluding hydrogens is 472 g/mol. The number of anilines is 1. The van der Waals surface area contributed by atoms with Crippen molar-refractivity contribution in [3.8, 4) is 21.7 Å². The molecule has 0 bridgehead atoms. The average molecular weight is 507 g/mol. The zero-order valence-corrected chi connectivity index (χ0v) is 22.0. The van der Waals surface area contributed by atoms with Crippen LogP contribution < -0.4 is 5.73 Å². The number of nitrogens with two attached hydrogens (primary N) is 1. The topological polar surface area (TPSA) is 90.6 Å². The second-order valence-electron chi connectivity index (χ2n) is 10.6. The Morgan fingerprint density at radius 3 is 2.64 bits per heavy atom. The highest BCUT2D eigenvalue weighted by Crippen LogP contribution is 2.42. The van der Waals surface area contributed by atoms with Crippen molar-refractivity contribution in [1.82, 2.24) is 14.9 Å². The van der Waals surface area contributed by atoms with Crippen LogP contribution in [0.25, 0.3) is 21.7 Å². The molecule has 0 spiro atoms. The molecule has 2 aliphatic rings. The number of ether oxygens (including phenoxy) is 2. The molecule has 1 amide bonds. The van der Waals surface area contributed by atoms with E-state index < -0.39 is 5.60 Å². The summed E-state index contributed by atoms with van der Waals surface area (Å²) in [4.78, 5) is 24.0. The molecule has 190 valence electrons. The molecule has 0 aliphatic carbocycles. The van der Waals surface area contributed by atoms with Gasteiger partial charge < -0.3 is 20.1 Å². The van der Waals surface area contributed by atoms with Crippen LogP contribution in [0.4, 0.5) is 10.6 Å². The van der Waals surface area contributed by atoms with Gasteiger partial charge in [0.2, 0.25) is 0 Å². The number of hydrogen-bond donors (Lipinski definition) is 1. The molecule has 1 atom stereocenters. The van der Waals surface area contributed by atoms with E-state index in [4.69, 9.17) is 15.2 Å². The molecule has 3 aromatic rings. The van der Waals surface area contributed by atoms with Crippen molar-refractivity contribution in [2.75, 3.05) is 25.5 Å². The van der Waals surface area contributed by atoms with E-state index in [1.807, 2.05) is 37.2 Å². The van der Waals surface area contributed by atoms with E-state index in [-0.39, 0.29) is 12.1 Å². The maximum Gasteiger partial charge on any atom is 0.410 e. The molecule has 5 rings (SSSR count). The number of likely N-dealkylation sites (tertiary alicyclic amines) is 1. The largest absolute Gasteiger partial charge is 0.444 e. The number of hydrogen-bond acceptors (Lipinski definition) is 7. The summed E-state index contributed by atoms with van der Waals surface area (Å²) >= 11 is 1.55. The fraction of sp³-hybridized carbons (Fsp3) is 0.464. The number of rotatable bonds is 4. The zero-order valence-electron chi connectivity index (χ0n) is 21.2. The smallest absolute Gasteiger partial charge is 0.410 e. The minimum Gasteiger partial charge on any atom is -0.444 e. The summed E-state index contributed by atoms with van der Waals surface area (Å²) in [5.74, 6) is 0.888. The van der Waals surface area contributed by atoms with Gasteiger partial charge in [-0.05, 0) is 81.2 Å². The summed E-state index contributed by atoms with van der Waals surface area (Å²) in [6, 6.07) is 8.70. The lowest BCUT2D eigenvalue weighted by molar-refractivity contribution is 0.0222. The second kappa shape index (κ2) is 10.2. The van der Waals surface area contributed by atoms with Gasteiger partial charge in [-0.15, -0.1) is 11.3 Å². The molecule has 2 N–H and O–H groups in total. The SMILES string of the molecule is CC(C)(C)OC(=O)N1CCCC1c1cc(-c2cnc(N)c(-c3nccs3)c2)ccc1C1CCOCC1. The maximum atomic E-state index is 13.2. The first-order valence-electron chi connectivity index (χ1n) is 12.7. The Morgan fingerprint density at radius 1 is 1.11 bits per heavy atom. The van der Waals surface area contributed by atoms with E-state index >= 15 is 0 Å². The van der Waals surface area contributed by atoms with Crippen molar-refractivity contribution < 1.29 is 14.3 Å². The Bertz CT molecular complexity index is 1220. The van der Waals surface area contributed by atoms with Gasteiger partial charge in [0.05, 0.1) is 11.6 Å². The molecule has 2 saturated heterocycles. The summed E-state index contributed by atoms with van der Waals surface area (Å²) in [6.45, 7) is 7.99. The Morgan fingerprint density at radius 2 is 1.92 bits per heavy atom. The zero-order chi connectivity index (χ0) is 25.3. The van der Waals surface area contributed by atoms with Crippen LogP contribution in [0.2, 0.25) is 0 Å². The van der Waals surface area contributed by atoms with Crippen LogP contribution in [-0.2, 0) is 9.47 Å². The minimum absolute atomic E-state index is 0.0159. The normalized spacial score (nSPS) is 19.0. The lowest BCUT2D eigenvalue weighted by atomic mass is 9.84. The highest BCUT2D eigenvalue weighted by molar-refractivity contribution is 7.13. The number of carbonyl (C=O) groups excluding carboxylic acids is 1. The molecule has 4 heterocycles. The summed E-state index contributed by atoms with van der Waals surface area (Å²) in [5.41, 5.74) is 11.1. The van der Waals surface area contributed by atoms with E-state index in [2.05, 4.69) is 34.2 Å². The molecule has 2 fully saturated rings. The van der Waals surface area contributed by atoms with Gasteiger partial charge in [0.15, 0.2) is 0 Å². The Hall–Kier alpha value is -2.97. The van der Waals surface area contributed by atoms with E-state index in [1.165, 1.54) is 11.1 Å². The van der Waals surface area contributed by atoms with Crippen LogP contribution in [0.3, 0.4) is 0 Å². The quantitative estimate of drug-likeness (QED) is 0.439. The van der Waals surface area contributed by atoms with Gasteiger partial charge in [-0.3, -0.25) is 0 Å². The molecule has 2 aliphatic heterocycles. The molecule has 1 unspecified atom stereocenters. The Kier molecular flexibility index (Phi) is 6.99. The number of nitrogen functional groups attached to an aromatic ring is 1. The number of thiazole rings is 1. The standard InChI is InChI=1S/C28H34N4O3S/c1-28(2,3)35-27(33)32-11-4-5-24(32)22-15-19(6-7-21(22)18-8-12-34-13-9-18)20-16-23(25(29)31-17-20)26-30-10-14-36-26/h6-7,10,14-18,24H,4-5,8-9,11-13H2,1-3H3,(H2,29,31). The van der Waals surface area contributed by atoms with Crippen molar-refractivity contribution in [2.24, 2.45) is 0 Å². The van der Waals surface area contributed by atoms with Gasteiger partial charge in [-0.25, -0.2) is 14.8 Å². The van der Waals surface area contributed by atoms with Gasteiger partial charge in [-0.2, -0.15) is 0 Å². The molecule has 36 heavy (non-hydrogen) atoms. The van der Waals surface area contributed by atoms with Gasteiger partial charge in [0, 0.05) is 43.1 Å². The molecule has 1 aromatic carbocycles. The lowest BCUT2D eigenvalue weighted by Gasteiger charge is -2.32. The van der Waals surface area contributed by atoms with Gasteiger partial charge in [-0.1, -0.05) is 12.1 Å². The highest BCUT2D eigenvalue weighted by atomic mass is 32.1. The third-order valence-electron chi connectivity index (χ3n) is 6.90. The lowest BCUT2D eigenvalue weighted by Crippen LogP contribution is -2.36. The summed E-state index contributed by atoms with van der Waals surface area (Å²) < 4.78 is 11.4. The molecular formula is C28H34N4O3S. The van der Waals surface area contributed by atoms with Crippen molar-refractivity contribution in [3.05, 3.63) is 53.2 Å². The second-order valence-corrected chi connectivity index (χ2v) is 11.5. The molecule has 7 nitrogen and oxygen atoms in total. The first kappa shape index (κ1) is 24.7. The highest BCUT2D eigenvalue weighted by Gasteiger charge is 2.35. The van der Waals surface area contributed by atoms with Crippen molar-refractivity contribution in [3.63, 3.8) is 0 Å². The van der Waals surface area contributed by atoms with E-state index in [9.17, 15) is 4.79 Å². The summed E-state index contributed by atoms with van der Waals surface area (Å²) in [6.07, 6.45) is 7.21. The van der Waals surface area contributed by atoms with Crippen molar-refractivity contribution in [2.45, 2.75) is 64.0 Å². The fourth-order valence-corrected chi connectivity index (χ4v) is 5.88. The van der Waals surface area contributed by atoms with Crippen LogP contribution in [0, 0.1) is 0 Å². The van der Waals surface area contributed by atoms with Gasteiger partial charge >= 0.3 is 6.09 Å². The summed E-state index contributed by atoms with van der Waals surface area (Å²) in [5, 5.41) is 2.79. The first-order valence-corrected chi connectivity index (χ1v) is 13.5. The predicted molar refractivity (Wildman–Crippen MR) is 143 cm³/mol.